The average molecular weight is 346 g/mol. The van der Waals surface area contributed by atoms with E-state index in [2.05, 4.69) is 0 Å². The molecule has 25 heavy (non-hydrogen) atoms. The first-order valence-corrected chi connectivity index (χ1v) is 8.76. The number of hydrogen-bond acceptors (Lipinski definition) is 4. The highest BCUT2D eigenvalue weighted by Gasteiger charge is 2.36. The first-order valence-electron chi connectivity index (χ1n) is 8.76. The molecule has 0 saturated carbocycles. The predicted molar refractivity (Wildman–Crippen MR) is 94.8 cm³/mol. The summed E-state index contributed by atoms with van der Waals surface area (Å²) < 4.78 is 11.2. The lowest BCUT2D eigenvalue weighted by Crippen LogP contribution is -2.55. The van der Waals surface area contributed by atoms with Crippen molar-refractivity contribution >= 4 is 17.5 Å². The average Bonchev–Trinajstić information content (AvgIpc) is 2.99. The highest BCUT2D eigenvalue weighted by molar-refractivity contribution is 5.99. The van der Waals surface area contributed by atoms with Crippen molar-refractivity contribution in [2.45, 2.75) is 38.4 Å². The Labute approximate surface area is 148 Å². The van der Waals surface area contributed by atoms with Gasteiger partial charge in [0.2, 0.25) is 5.91 Å². The minimum atomic E-state index is -0.417. The van der Waals surface area contributed by atoms with E-state index in [9.17, 15) is 9.59 Å². The Morgan fingerprint density at radius 3 is 2.88 bits per heavy atom. The fraction of sp³-hybridized carbons (Fsp3) is 0.579. The summed E-state index contributed by atoms with van der Waals surface area (Å²) in [5, 5.41) is 0. The molecule has 2 fully saturated rings. The molecule has 1 aromatic rings. The Morgan fingerprint density at radius 2 is 2.20 bits per heavy atom. The van der Waals surface area contributed by atoms with Crippen LogP contribution in [0.3, 0.4) is 0 Å². The molecule has 0 aliphatic carbocycles. The summed E-state index contributed by atoms with van der Waals surface area (Å²) in [5.41, 5.74) is 0.986. The Morgan fingerprint density at radius 1 is 1.40 bits per heavy atom. The van der Waals surface area contributed by atoms with E-state index < -0.39 is 5.60 Å². The normalized spacial score (nSPS) is 23.2. The van der Waals surface area contributed by atoms with Gasteiger partial charge in [-0.05, 0) is 38.5 Å². The van der Waals surface area contributed by atoms with Gasteiger partial charge in [-0.15, -0.1) is 0 Å². The standard InChI is InChI=1S/C19H26N2O4/c1-19(2)13-20(11-16(25-19)12-24-3)18(23)14-6-4-7-15(10-14)21-9-5-8-17(21)22/h4,6-7,10,16H,5,8-9,11-13H2,1-3H3. The summed E-state index contributed by atoms with van der Waals surface area (Å²) in [5.74, 6) is 0.0863. The third-order valence-corrected chi connectivity index (χ3v) is 4.60. The molecule has 2 aliphatic heterocycles. The smallest absolute Gasteiger partial charge is 0.254 e. The van der Waals surface area contributed by atoms with E-state index in [1.54, 1.807) is 18.1 Å². The lowest BCUT2D eigenvalue weighted by atomic mass is 10.0. The molecule has 2 amide bonds. The van der Waals surface area contributed by atoms with Gasteiger partial charge in [0.05, 0.1) is 18.3 Å². The summed E-state index contributed by atoms with van der Waals surface area (Å²) >= 11 is 0. The van der Waals surface area contributed by atoms with Gasteiger partial charge in [-0.3, -0.25) is 9.59 Å². The summed E-state index contributed by atoms with van der Waals surface area (Å²) in [7, 11) is 1.63. The third-order valence-electron chi connectivity index (χ3n) is 4.60. The topological polar surface area (TPSA) is 59.1 Å². The van der Waals surface area contributed by atoms with Crippen molar-refractivity contribution in [1.29, 1.82) is 0 Å². The lowest BCUT2D eigenvalue weighted by molar-refractivity contribution is -0.143. The summed E-state index contributed by atoms with van der Waals surface area (Å²) in [6.45, 7) is 6.16. The fourth-order valence-corrected chi connectivity index (χ4v) is 3.63. The molecule has 0 spiro atoms. The van der Waals surface area contributed by atoms with E-state index in [1.165, 1.54) is 0 Å². The van der Waals surface area contributed by atoms with Crippen LogP contribution in [0.15, 0.2) is 24.3 Å². The van der Waals surface area contributed by atoms with Crippen LogP contribution in [0.2, 0.25) is 0 Å². The Balaban J connectivity index is 1.79. The lowest BCUT2D eigenvalue weighted by Gasteiger charge is -2.42. The fourth-order valence-electron chi connectivity index (χ4n) is 3.63. The minimum Gasteiger partial charge on any atom is -0.382 e. The molecule has 0 bridgehead atoms. The Hall–Kier alpha value is -1.92. The SMILES string of the molecule is COCC1CN(C(=O)c2cccc(N3CCCC3=O)c2)CC(C)(C)O1. The zero-order chi connectivity index (χ0) is 18.0. The molecule has 1 unspecified atom stereocenters. The third kappa shape index (κ3) is 4.02. The van der Waals surface area contributed by atoms with Gasteiger partial charge in [0, 0.05) is 44.4 Å². The van der Waals surface area contributed by atoms with E-state index in [0.29, 0.717) is 31.7 Å². The van der Waals surface area contributed by atoms with Crippen LogP contribution in [-0.4, -0.2) is 61.8 Å². The van der Waals surface area contributed by atoms with E-state index in [1.807, 2.05) is 36.9 Å². The number of rotatable bonds is 4. The van der Waals surface area contributed by atoms with Crippen molar-refractivity contribution in [2.24, 2.45) is 0 Å². The Bertz CT molecular complexity index is 659. The number of ether oxygens (including phenoxy) is 2. The van der Waals surface area contributed by atoms with Gasteiger partial charge in [-0.25, -0.2) is 0 Å². The zero-order valence-corrected chi connectivity index (χ0v) is 15.2. The van der Waals surface area contributed by atoms with Crippen molar-refractivity contribution < 1.29 is 19.1 Å². The van der Waals surface area contributed by atoms with Crippen molar-refractivity contribution in [2.75, 3.05) is 38.3 Å². The molecule has 6 nitrogen and oxygen atoms in total. The van der Waals surface area contributed by atoms with Crippen molar-refractivity contribution in [3.63, 3.8) is 0 Å². The van der Waals surface area contributed by atoms with Crippen LogP contribution in [0.5, 0.6) is 0 Å². The molecule has 136 valence electrons. The maximum absolute atomic E-state index is 13.0. The van der Waals surface area contributed by atoms with Gasteiger partial charge < -0.3 is 19.3 Å². The van der Waals surface area contributed by atoms with Crippen LogP contribution in [-0.2, 0) is 14.3 Å². The van der Waals surface area contributed by atoms with Gasteiger partial charge in [0.1, 0.15) is 0 Å². The highest BCUT2D eigenvalue weighted by Crippen LogP contribution is 2.26. The number of amides is 2. The van der Waals surface area contributed by atoms with Gasteiger partial charge in [-0.2, -0.15) is 0 Å². The van der Waals surface area contributed by atoms with E-state index in [0.717, 1.165) is 18.7 Å². The predicted octanol–water partition coefficient (Wildman–Crippen LogP) is 2.08. The largest absolute Gasteiger partial charge is 0.382 e. The molecule has 6 heteroatoms. The zero-order valence-electron chi connectivity index (χ0n) is 15.2. The quantitative estimate of drug-likeness (QED) is 0.837. The Kier molecular flexibility index (Phi) is 5.11. The van der Waals surface area contributed by atoms with Crippen LogP contribution in [0.25, 0.3) is 0 Å². The molecule has 2 aliphatic rings. The van der Waals surface area contributed by atoms with Crippen LogP contribution in [0.1, 0.15) is 37.0 Å². The van der Waals surface area contributed by atoms with E-state index in [-0.39, 0.29) is 17.9 Å². The van der Waals surface area contributed by atoms with Crippen molar-refractivity contribution in [3.05, 3.63) is 29.8 Å². The number of nitrogens with zero attached hydrogens (tertiary/aromatic N) is 2. The molecule has 0 N–H and O–H groups in total. The molecule has 0 radical (unpaired) electrons. The van der Waals surface area contributed by atoms with E-state index >= 15 is 0 Å². The molecule has 1 aromatic carbocycles. The number of benzene rings is 1. The number of hydrogen-bond donors (Lipinski definition) is 0. The van der Waals surface area contributed by atoms with Crippen LogP contribution >= 0.6 is 0 Å². The second-order valence-corrected chi connectivity index (χ2v) is 7.34. The van der Waals surface area contributed by atoms with Crippen LogP contribution in [0, 0.1) is 0 Å². The number of methoxy groups -OCH3 is 1. The molecular formula is C19H26N2O4. The maximum Gasteiger partial charge on any atom is 0.254 e. The van der Waals surface area contributed by atoms with Gasteiger partial charge in [0.25, 0.3) is 5.91 Å². The summed E-state index contributed by atoms with van der Waals surface area (Å²) in [6, 6.07) is 7.35. The molecule has 3 rings (SSSR count). The first-order chi connectivity index (χ1) is 11.9. The maximum atomic E-state index is 13.0. The van der Waals surface area contributed by atoms with Gasteiger partial charge in [0.15, 0.2) is 0 Å². The van der Waals surface area contributed by atoms with Gasteiger partial charge in [-0.1, -0.05) is 6.07 Å². The molecule has 0 aromatic heterocycles. The number of carbonyl (C=O) groups excluding carboxylic acids is 2. The molecule has 2 heterocycles. The van der Waals surface area contributed by atoms with Crippen molar-refractivity contribution in [1.82, 2.24) is 4.90 Å². The number of anilines is 1. The number of morpholine rings is 1. The minimum absolute atomic E-state index is 0.0361. The molecule has 2 saturated heterocycles. The van der Waals surface area contributed by atoms with Gasteiger partial charge >= 0.3 is 0 Å². The second kappa shape index (κ2) is 7.14. The summed E-state index contributed by atoms with van der Waals surface area (Å²) in [6.07, 6.45) is 1.31. The van der Waals surface area contributed by atoms with Crippen molar-refractivity contribution in [3.8, 4) is 0 Å². The van der Waals surface area contributed by atoms with E-state index in [4.69, 9.17) is 9.47 Å². The molecular weight excluding hydrogens is 320 g/mol. The second-order valence-electron chi connectivity index (χ2n) is 7.34. The van der Waals surface area contributed by atoms with Crippen LogP contribution < -0.4 is 4.90 Å². The molecule has 1 atom stereocenters. The number of carbonyl (C=O) groups is 2. The summed E-state index contributed by atoms with van der Waals surface area (Å²) in [4.78, 5) is 28.5. The monoisotopic (exact) mass is 346 g/mol. The highest BCUT2D eigenvalue weighted by atomic mass is 16.5. The first kappa shape index (κ1) is 17.9. The van der Waals surface area contributed by atoms with Crippen LogP contribution in [0.4, 0.5) is 5.69 Å².